The Morgan fingerprint density at radius 3 is 2.48 bits per heavy atom. The molecule has 2 aliphatic rings. The van der Waals surface area contributed by atoms with E-state index >= 15 is 0 Å². The van der Waals surface area contributed by atoms with Gasteiger partial charge in [0.15, 0.2) is 5.78 Å². The van der Waals surface area contributed by atoms with Crippen LogP contribution < -0.4 is 4.74 Å². The average Bonchev–Trinajstić information content (AvgIpc) is 2.49. The number of ether oxygens (including phenoxy) is 1. The van der Waals surface area contributed by atoms with Gasteiger partial charge in [-0.2, -0.15) is 0 Å². The van der Waals surface area contributed by atoms with Crippen LogP contribution in [0, 0.1) is 13.8 Å². The Morgan fingerprint density at radius 1 is 1.26 bits per heavy atom. The van der Waals surface area contributed by atoms with Crippen LogP contribution in [-0.4, -0.2) is 40.1 Å². The zero-order chi connectivity index (χ0) is 16.8. The van der Waals surface area contributed by atoms with Crippen LogP contribution in [0.2, 0.25) is 0 Å². The first-order chi connectivity index (χ1) is 10.8. The van der Waals surface area contributed by atoms with E-state index in [0.717, 1.165) is 11.1 Å². The normalized spacial score (nSPS) is 20.9. The molecule has 1 unspecified atom stereocenters. The molecule has 1 aromatic carbocycles. The van der Waals surface area contributed by atoms with Gasteiger partial charge in [0.2, 0.25) is 5.91 Å². The highest BCUT2D eigenvalue weighted by molar-refractivity contribution is 9.10. The topological polar surface area (TPSA) is 46.6 Å². The molecule has 0 bridgehead atoms. The second kappa shape index (κ2) is 5.93. The number of ketones is 1. The molecule has 1 saturated heterocycles. The molecule has 5 heteroatoms. The smallest absolute Gasteiger partial charge is 0.236 e. The van der Waals surface area contributed by atoms with Crippen LogP contribution in [0.25, 0.3) is 0 Å². The molecule has 0 aromatic heterocycles. The van der Waals surface area contributed by atoms with Crippen molar-refractivity contribution in [2.75, 3.05) is 13.1 Å². The molecular formula is C18H22BrNO3. The van der Waals surface area contributed by atoms with E-state index < -0.39 is 5.60 Å². The highest BCUT2D eigenvalue weighted by Crippen LogP contribution is 2.40. The van der Waals surface area contributed by atoms with Gasteiger partial charge in [-0.25, -0.2) is 0 Å². The van der Waals surface area contributed by atoms with Gasteiger partial charge in [-0.15, -0.1) is 0 Å². The molecule has 1 amide bonds. The largest absolute Gasteiger partial charge is 0.486 e. The molecule has 0 radical (unpaired) electrons. The maximum absolute atomic E-state index is 12.6. The van der Waals surface area contributed by atoms with Crippen molar-refractivity contribution in [1.29, 1.82) is 0 Å². The second-order valence-electron chi connectivity index (χ2n) is 6.76. The maximum atomic E-state index is 12.6. The first-order valence-corrected chi connectivity index (χ1v) is 8.99. The zero-order valence-corrected chi connectivity index (χ0v) is 15.4. The van der Waals surface area contributed by atoms with Gasteiger partial charge in [-0.1, -0.05) is 15.9 Å². The quantitative estimate of drug-likeness (QED) is 0.702. The van der Waals surface area contributed by atoms with Crippen LogP contribution in [-0.2, 0) is 4.79 Å². The van der Waals surface area contributed by atoms with Gasteiger partial charge in [0.1, 0.15) is 11.4 Å². The summed E-state index contributed by atoms with van der Waals surface area (Å²) in [5.74, 6) is 0.967. The minimum Gasteiger partial charge on any atom is -0.486 e. The number of hydrogen-bond donors (Lipinski definition) is 0. The van der Waals surface area contributed by atoms with Gasteiger partial charge in [-0.05, 0) is 44.0 Å². The van der Waals surface area contributed by atoms with Crippen LogP contribution in [0.5, 0.6) is 5.75 Å². The minimum atomic E-state index is -0.446. The van der Waals surface area contributed by atoms with Crippen molar-refractivity contribution in [3.05, 3.63) is 28.8 Å². The van der Waals surface area contributed by atoms with Crippen molar-refractivity contribution in [2.24, 2.45) is 0 Å². The molecule has 1 fully saturated rings. The van der Waals surface area contributed by atoms with Gasteiger partial charge in [-0.3, -0.25) is 9.59 Å². The van der Waals surface area contributed by atoms with E-state index in [0.29, 0.717) is 43.7 Å². The number of amides is 1. The number of hydrogen-bond acceptors (Lipinski definition) is 3. The van der Waals surface area contributed by atoms with Crippen LogP contribution in [0.15, 0.2) is 12.1 Å². The number of carbonyl (C=O) groups is 2. The first kappa shape index (κ1) is 16.5. The fourth-order valence-electron chi connectivity index (χ4n) is 3.41. The van der Waals surface area contributed by atoms with E-state index in [9.17, 15) is 9.59 Å². The summed E-state index contributed by atoms with van der Waals surface area (Å²) >= 11 is 3.33. The number of Topliss-reactive ketones (excluding diaryl/α,β-unsaturated/α-hetero) is 1. The molecule has 1 spiro atoms. The monoisotopic (exact) mass is 379 g/mol. The average molecular weight is 380 g/mol. The maximum Gasteiger partial charge on any atom is 0.236 e. The molecule has 1 atom stereocenters. The fraction of sp³-hybridized carbons (Fsp3) is 0.556. The number of likely N-dealkylation sites (tertiary alicyclic amines) is 1. The molecule has 0 saturated carbocycles. The number of fused-ring (bicyclic) bond motifs is 1. The molecule has 124 valence electrons. The lowest BCUT2D eigenvalue weighted by Gasteiger charge is -2.44. The van der Waals surface area contributed by atoms with Crippen molar-refractivity contribution in [3.8, 4) is 5.75 Å². The number of carbonyl (C=O) groups excluding carboxylic acids is 2. The van der Waals surface area contributed by atoms with Crippen LogP contribution >= 0.6 is 15.9 Å². The highest BCUT2D eigenvalue weighted by atomic mass is 79.9. The van der Waals surface area contributed by atoms with Gasteiger partial charge in [0, 0.05) is 25.9 Å². The van der Waals surface area contributed by atoms with Gasteiger partial charge >= 0.3 is 0 Å². The Hall–Kier alpha value is -1.36. The first-order valence-electron chi connectivity index (χ1n) is 8.08. The van der Waals surface area contributed by atoms with Crippen LogP contribution in [0.3, 0.4) is 0 Å². The van der Waals surface area contributed by atoms with Gasteiger partial charge in [0.25, 0.3) is 0 Å². The lowest BCUT2D eigenvalue weighted by atomic mass is 9.82. The van der Waals surface area contributed by atoms with E-state index in [2.05, 4.69) is 15.9 Å². The van der Waals surface area contributed by atoms with E-state index in [1.54, 1.807) is 0 Å². The van der Waals surface area contributed by atoms with E-state index in [4.69, 9.17) is 4.74 Å². The predicted octanol–water partition coefficient (Wildman–Crippen LogP) is 3.41. The Morgan fingerprint density at radius 2 is 1.87 bits per heavy atom. The second-order valence-corrected chi connectivity index (χ2v) is 8.13. The summed E-state index contributed by atoms with van der Waals surface area (Å²) in [6.45, 7) is 7.17. The Labute approximate surface area is 145 Å². The molecular weight excluding hydrogens is 358 g/mol. The third-order valence-corrected chi connectivity index (χ3v) is 5.42. The summed E-state index contributed by atoms with van der Waals surface area (Å²) in [7, 11) is 0. The van der Waals surface area contributed by atoms with E-state index in [1.165, 1.54) is 0 Å². The summed E-state index contributed by atoms with van der Waals surface area (Å²) in [4.78, 5) is 26.3. The molecule has 2 aliphatic heterocycles. The molecule has 4 nitrogen and oxygen atoms in total. The molecule has 23 heavy (non-hydrogen) atoms. The minimum absolute atomic E-state index is 0.105. The summed E-state index contributed by atoms with van der Waals surface area (Å²) < 4.78 is 6.28. The van der Waals surface area contributed by atoms with Gasteiger partial charge in [0.05, 0.1) is 16.8 Å². The number of halogens is 1. The van der Waals surface area contributed by atoms with Crippen LogP contribution in [0.1, 0.15) is 47.7 Å². The Bertz CT molecular complexity index is 660. The van der Waals surface area contributed by atoms with Crippen molar-refractivity contribution in [3.63, 3.8) is 0 Å². The predicted molar refractivity (Wildman–Crippen MR) is 92.4 cm³/mol. The molecule has 1 aromatic rings. The lowest BCUT2D eigenvalue weighted by Crippen LogP contribution is -2.53. The van der Waals surface area contributed by atoms with Crippen molar-refractivity contribution < 1.29 is 14.3 Å². The highest BCUT2D eigenvalue weighted by Gasteiger charge is 2.44. The number of nitrogens with zero attached hydrogens (tertiary/aromatic N) is 1. The van der Waals surface area contributed by atoms with Crippen molar-refractivity contribution in [2.45, 2.75) is 50.5 Å². The van der Waals surface area contributed by atoms with E-state index in [-0.39, 0.29) is 16.5 Å². The third kappa shape index (κ3) is 3.03. The number of alkyl halides is 1. The fourth-order valence-corrected chi connectivity index (χ4v) is 3.70. The summed E-state index contributed by atoms with van der Waals surface area (Å²) in [5, 5.41) is 0. The molecule has 0 aliphatic carbocycles. The zero-order valence-electron chi connectivity index (χ0n) is 13.8. The number of aryl methyl sites for hydroxylation is 2. The standard InChI is InChI=1S/C18H22BrNO3/c1-11-8-14-15(21)10-18(23-16(14)9-12(11)2)4-6-20(7-5-18)17(22)13(3)19/h8-9,13H,4-7,10H2,1-3H3. The SMILES string of the molecule is Cc1cc2c(cc1C)C(=O)CC1(CCN(C(=O)C(C)Br)CC1)O2. The van der Waals surface area contributed by atoms with Crippen molar-refractivity contribution >= 4 is 27.6 Å². The Kier molecular flexibility index (Phi) is 4.25. The lowest BCUT2D eigenvalue weighted by molar-refractivity contribution is -0.133. The Balaban J connectivity index is 1.80. The summed E-state index contributed by atoms with van der Waals surface area (Å²) in [5.41, 5.74) is 2.50. The van der Waals surface area contributed by atoms with Crippen molar-refractivity contribution in [1.82, 2.24) is 4.90 Å². The van der Waals surface area contributed by atoms with E-state index in [1.807, 2.05) is 37.8 Å². The number of piperidine rings is 1. The van der Waals surface area contributed by atoms with Gasteiger partial charge < -0.3 is 9.64 Å². The summed E-state index contributed by atoms with van der Waals surface area (Å²) in [6, 6.07) is 3.91. The number of rotatable bonds is 1. The summed E-state index contributed by atoms with van der Waals surface area (Å²) in [6.07, 6.45) is 1.82. The molecule has 2 heterocycles. The molecule has 0 N–H and O–H groups in total. The molecule has 3 rings (SSSR count). The third-order valence-electron chi connectivity index (χ3n) is 5.03. The van der Waals surface area contributed by atoms with Crippen LogP contribution in [0.4, 0.5) is 0 Å². The number of benzene rings is 1.